The lowest BCUT2D eigenvalue weighted by atomic mass is 10.1. The van der Waals surface area contributed by atoms with Crippen LogP contribution in [0.3, 0.4) is 0 Å². The summed E-state index contributed by atoms with van der Waals surface area (Å²) in [6.45, 7) is 0.194. The summed E-state index contributed by atoms with van der Waals surface area (Å²) in [6, 6.07) is 9.09. The summed E-state index contributed by atoms with van der Waals surface area (Å²) in [7, 11) is 0. The average molecular weight is 375 g/mol. The van der Waals surface area contributed by atoms with E-state index in [4.69, 9.17) is 0 Å². The minimum atomic E-state index is -0.396. The van der Waals surface area contributed by atoms with Gasteiger partial charge in [-0.1, -0.05) is 6.07 Å². The Hall–Kier alpha value is -2.25. The molecule has 4 nitrogen and oxygen atoms in total. The lowest BCUT2D eigenvalue weighted by Crippen LogP contribution is -2.29. The highest BCUT2D eigenvalue weighted by atomic mass is 32.2. The quantitative estimate of drug-likeness (QED) is 0.547. The molecule has 0 saturated carbocycles. The highest BCUT2D eigenvalue weighted by Crippen LogP contribution is 2.33. The molecule has 7 heteroatoms. The lowest BCUT2D eigenvalue weighted by molar-refractivity contribution is -0.122. The standard InChI is InChI=1S/C18H14FNO3S2/c19-13-7-5-12(6-8-13)15(21)4-1-9-20-17(22)16(25-18(20)23)11-14-3-2-10-24-14/h2-3,5-8,10-11H,1,4,9H2/b16-11-. The van der Waals surface area contributed by atoms with E-state index >= 15 is 0 Å². The number of thiophene rings is 1. The Morgan fingerprint density at radius 3 is 2.60 bits per heavy atom. The van der Waals surface area contributed by atoms with Crippen LogP contribution in [0.2, 0.25) is 0 Å². The summed E-state index contributed by atoms with van der Waals surface area (Å²) in [4.78, 5) is 38.9. The zero-order valence-corrected chi connectivity index (χ0v) is 14.7. The van der Waals surface area contributed by atoms with Crippen molar-refractivity contribution in [2.24, 2.45) is 0 Å². The van der Waals surface area contributed by atoms with E-state index in [1.54, 1.807) is 6.08 Å². The maximum Gasteiger partial charge on any atom is 0.293 e. The molecule has 2 amide bonds. The maximum absolute atomic E-state index is 12.9. The van der Waals surface area contributed by atoms with Crippen LogP contribution in [0.5, 0.6) is 0 Å². The molecule has 1 aromatic heterocycles. The van der Waals surface area contributed by atoms with Crippen molar-refractivity contribution in [3.63, 3.8) is 0 Å². The molecule has 2 aromatic rings. The van der Waals surface area contributed by atoms with Gasteiger partial charge in [0.05, 0.1) is 4.91 Å². The third-order valence-electron chi connectivity index (χ3n) is 3.64. The predicted molar refractivity (Wildman–Crippen MR) is 97.0 cm³/mol. The van der Waals surface area contributed by atoms with E-state index in [-0.39, 0.29) is 29.9 Å². The summed E-state index contributed by atoms with van der Waals surface area (Å²) in [6.07, 6.45) is 2.27. The molecular weight excluding hydrogens is 361 g/mol. The molecule has 0 bridgehead atoms. The fourth-order valence-corrected chi connectivity index (χ4v) is 3.96. The highest BCUT2D eigenvalue weighted by molar-refractivity contribution is 8.18. The van der Waals surface area contributed by atoms with E-state index in [9.17, 15) is 18.8 Å². The van der Waals surface area contributed by atoms with Crippen LogP contribution in [0.25, 0.3) is 6.08 Å². The number of amides is 2. The zero-order valence-electron chi connectivity index (χ0n) is 13.1. The first-order valence-corrected chi connectivity index (χ1v) is 9.32. The Labute approximate surface area is 152 Å². The first kappa shape index (κ1) is 17.6. The van der Waals surface area contributed by atoms with Crippen molar-refractivity contribution in [2.45, 2.75) is 12.8 Å². The van der Waals surface area contributed by atoms with Gasteiger partial charge in [0.15, 0.2) is 5.78 Å². The summed E-state index contributed by atoms with van der Waals surface area (Å²) in [5.41, 5.74) is 0.424. The predicted octanol–water partition coefficient (Wildman–Crippen LogP) is 4.59. The van der Waals surface area contributed by atoms with Crippen LogP contribution in [0.1, 0.15) is 28.1 Å². The fraction of sp³-hybridized carbons (Fsp3) is 0.167. The number of hydrogen-bond donors (Lipinski definition) is 0. The molecule has 128 valence electrons. The number of carbonyl (C=O) groups excluding carboxylic acids is 3. The molecule has 0 aliphatic carbocycles. The van der Waals surface area contributed by atoms with Gasteiger partial charge >= 0.3 is 0 Å². The molecule has 3 rings (SSSR count). The fourth-order valence-electron chi connectivity index (χ4n) is 2.37. The van der Waals surface area contributed by atoms with E-state index in [2.05, 4.69) is 0 Å². The molecule has 1 aliphatic rings. The number of carbonyl (C=O) groups is 3. The Morgan fingerprint density at radius 1 is 1.16 bits per heavy atom. The van der Waals surface area contributed by atoms with Crippen molar-refractivity contribution in [1.82, 2.24) is 4.90 Å². The summed E-state index contributed by atoms with van der Waals surface area (Å²) < 4.78 is 12.9. The van der Waals surface area contributed by atoms with Crippen LogP contribution in [-0.4, -0.2) is 28.4 Å². The SMILES string of the molecule is O=C(CCCN1C(=O)S/C(=C\c2cccs2)C1=O)c1ccc(F)cc1. The number of Topliss-reactive ketones (excluding diaryl/α,β-unsaturated/α-hetero) is 1. The molecule has 2 heterocycles. The van der Waals surface area contributed by atoms with Gasteiger partial charge in [0.25, 0.3) is 11.1 Å². The van der Waals surface area contributed by atoms with Crippen LogP contribution in [-0.2, 0) is 4.79 Å². The van der Waals surface area contributed by atoms with Crippen molar-refractivity contribution in [3.05, 3.63) is 62.9 Å². The minimum absolute atomic E-state index is 0.138. The number of thioether (sulfide) groups is 1. The van der Waals surface area contributed by atoms with Gasteiger partial charge in [-0.3, -0.25) is 19.3 Å². The Balaban J connectivity index is 1.56. The van der Waals surface area contributed by atoms with Crippen molar-refractivity contribution >= 4 is 46.1 Å². The molecule has 0 spiro atoms. The molecule has 1 saturated heterocycles. The summed E-state index contributed by atoms with van der Waals surface area (Å²) >= 11 is 2.41. The van der Waals surface area contributed by atoms with E-state index in [1.807, 2.05) is 17.5 Å². The van der Waals surface area contributed by atoms with Crippen LogP contribution in [0.4, 0.5) is 9.18 Å². The third-order valence-corrected chi connectivity index (χ3v) is 5.37. The second-order valence-electron chi connectivity index (χ2n) is 5.38. The summed E-state index contributed by atoms with van der Waals surface area (Å²) in [5, 5.41) is 1.58. The van der Waals surface area contributed by atoms with Crippen LogP contribution >= 0.6 is 23.1 Å². The Kier molecular flexibility index (Phi) is 5.45. The van der Waals surface area contributed by atoms with Gasteiger partial charge in [0.1, 0.15) is 5.82 Å². The van der Waals surface area contributed by atoms with Gasteiger partial charge in [-0.2, -0.15) is 0 Å². The number of benzene rings is 1. The monoisotopic (exact) mass is 375 g/mol. The molecule has 1 aliphatic heterocycles. The van der Waals surface area contributed by atoms with E-state index in [1.165, 1.54) is 40.5 Å². The van der Waals surface area contributed by atoms with Crippen LogP contribution in [0, 0.1) is 5.82 Å². The van der Waals surface area contributed by atoms with E-state index in [0.29, 0.717) is 16.9 Å². The molecule has 1 aromatic carbocycles. The Morgan fingerprint density at radius 2 is 1.92 bits per heavy atom. The van der Waals surface area contributed by atoms with Gasteiger partial charge in [-0.05, 0) is 60.0 Å². The maximum atomic E-state index is 12.9. The number of hydrogen-bond acceptors (Lipinski definition) is 5. The lowest BCUT2D eigenvalue weighted by Gasteiger charge is -2.11. The Bertz CT molecular complexity index is 829. The summed E-state index contributed by atoms with van der Waals surface area (Å²) in [5.74, 6) is -0.856. The van der Waals surface area contributed by atoms with Gasteiger partial charge in [0.2, 0.25) is 0 Å². The largest absolute Gasteiger partial charge is 0.294 e. The van der Waals surface area contributed by atoms with Crippen molar-refractivity contribution in [2.75, 3.05) is 6.54 Å². The number of imide groups is 1. The number of ketones is 1. The highest BCUT2D eigenvalue weighted by Gasteiger charge is 2.34. The van der Waals surface area contributed by atoms with Gasteiger partial charge in [0, 0.05) is 23.4 Å². The normalized spacial score (nSPS) is 16.0. The van der Waals surface area contributed by atoms with Gasteiger partial charge < -0.3 is 0 Å². The number of rotatable bonds is 6. The second-order valence-corrected chi connectivity index (χ2v) is 7.35. The molecule has 0 N–H and O–H groups in total. The molecule has 1 fully saturated rings. The second kappa shape index (κ2) is 7.76. The third kappa shape index (κ3) is 4.24. The molecular formula is C18H14FNO3S2. The number of nitrogens with zero attached hydrogens (tertiary/aromatic N) is 1. The zero-order chi connectivity index (χ0) is 17.8. The van der Waals surface area contributed by atoms with Crippen molar-refractivity contribution in [1.29, 1.82) is 0 Å². The minimum Gasteiger partial charge on any atom is -0.294 e. The topological polar surface area (TPSA) is 54.5 Å². The van der Waals surface area contributed by atoms with E-state index < -0.39 is 5.82 Å². The molecule has 0 radical (unpaired) electrons. The van der Waals surface area contributed by atoms with Crippen LogP contribution < -0.4 is 0 Å². The first-order valence-electron chi connectivity index (χ1n) is 7.62. The first-order chi connectivity index (χ1) is 12.0. The average Bonchev–Trinajstić information content (AvgIpc) is 3.19. The van der Waals surface area contributed by atoms with Gasteiger partial charge in [-0.15, -0.1) is 11.3 Å². The van der Waals surface area contributed by atoms with Crippen molar-refractivity contribution in [3.8, 4) is 0 Å². The molecule has 0 unspecified atom stereocenters. The number of halogens is 1. The van der Waals surface area contributed by atoms with Crippen molar-refractivity contribution < 1.29 is 18.8 Å². The molecule has 0 atom stereocenters. The molecule has 25 heavy (non-hydrogen) atoms. The van der Waals surface area contributed by atoms with E-state index in [0.717, 1.165) is 16.6 Å². The van der Waals surface area contributed by atoms with Gasteiger partial charge in [-0.25, -0.2) is 4.39 Å². The van der Waals surface area contributed by atoms with Crippen LogP contribution in [0.15, 0.2) is 46.7 Å². The smallest absolute Gasteiger partial charge is 0.293 e.